The molecule has 0 bridgehead atoms. The lowest BCUT2D eigenvalue weighted by molar-refractivity contribution is -0.128. The molecule has 1 aromatic carbocycles. The van der Waals surface area contributed by atoms with Crippen LogP contribution in [-0.4, -0.2) is 28.9 Å². The van der Waals surface area contributed by atoms with E-state index in [0.29, 0.717) is 5.75 Å². The minimum Gasteiger partial charge on any atom is -0.477 e. The third-order valence-electron chi connectivity index (χ3n) is 4.40. The first-order chi connectivity index (χ1) is 12.3. The van der Waals surface area contributed by atoms with Crippen molar-refractivity contribution in [1.82, 2.24) is 4.98 Å². The van der Waals surface area contributed by atoms with Gasteiger partial charge in [-0.3, -0.25) is 14.5 Å². The molecule has 0 aliphatic carbocycles. The molecule has 0 fully saturated rings. The SMILES string of the molecule is Cc1ccc(C)c(NC(=O)C(C)N2C(=O)C(C)Oc3ccc(N)nc32)c1. The van der Waals surface area contributed by atoms with Crippen molar-refractivity contribution in [1.29, 1.82) is 0 Å². The van der Waals surface area contributed by atoms with Gasteiger partial charge in [-0.05, 0) is 57.0 Å². The van der Waals surface area contributed by atoms with Gasteiger partial charge >= 0.3 is 0 Å². The van der Waals surface area contributed by atoms with Crippen molar-refractivity contribution in [3.05, 3.63) is 41.5 Å². The average Bonchev–Trinajstić information content (AvgIpc) is 2.59. The number of aryl methyl sites for hydroxylation is 2. The first-order valence-electron chi connectivity index (χ1n) is 8.42. The van der Waals surface area contributed by atoms with Gasteiger partial charge in [0, 0.05) is 5.69 Å². The van der Waals surface area contributed by atoms with E-state index in [2.05, 4.69) is 10.3 Å². The lowest BCUT2D eigenvalue weighted by Gasteiger charge is -2.35. The fourth-order valence-electron chi connectivity index (χ4n) is 2.86. The Bertz CT molecular complexity index is 881. The Hall–Kier alpha value is -3.09. The number of hydrogen-bond donors (Lipinski definition) is 2. The van der Waals surface area contributed by atoms with Gasteiger partial charge in [-0.2, -0.15) is 0 Å². The second-order valence-corrected chi connectivity index (χ2v) is 6.51. The van der Waals surface area contributed by atoms with E-state index in [1.165, 1.54) is 4.90 Å². The molecular formula is C19H22N4O3. The molecule has 2 unspecified atom stereocenters. The lowest BCUT2D eigenvalue weighted by Crippen LogP contribution is -2.53. The van der Waals surface area contributed by atoms with Gasteiger partial charge in [0.05, 0.1) is 0 Å². The molecule has 0 saturated carbocycles. The van der Waals surface area contributed by atoms with Crippen LogP contribution in [0.15, 0.2) is 30.3 Å². The maximum absolute atomic E-state index is 12.8. The zero-order valence-electron chi connectivity index (χ0n) is 15.2. The summed E-state index contributed by atoms with van der Waals surface area (Å²) in [6.45, 7) is 7.17. The topological polar surface area (TPSA) is 97.5 Å². The fraction of sp³-hybridized carbons (Fsp3) is 0.316. The van der Waals surface area contributed by atoms with Crippen LogP contribution < -0.4 is 20.7 Å². The maximum atomic E-state index is 12.8. The second-order valence-electron chi connectivity index (χ2n) is 6.51. The molecule has 2 amide bonds. The van der Waals surface area contributed by atoms with Crippen LogP contribution in [0.3, 0.4) is 0 Å². The summed E-state index contributed by atoms with van der Waals surface area (Å²) in [4.78, 5) is 31.0. The van der Waals surface area contributed by atoms with Crippen molar-refractivity contribution >= 4 is 29.1 Å². The van der Waals surface area contributed by atoms with Gasteiger partial charge in [-0.1, -0.05) is 12.1 Å². The molecule has 2 heterocycles. The standard InChI is InChI=1S/C19H22N4O3/c1-10-5-6-11(2)14(9-10)21-18(24)12(3)23-17-15(7-8-16(20)22-17)26-13(4)19(23)25/h5-9,12-13H,1-4H3,(H2,20,22)(H,21,24). The zero-order valence-corrected chi connectivity index (χ0v) is 15.2. The summed E-state index contributed by atoms with van der Waals surface area (Å²) in [5.41, 5.74) is 8.46. The van der Waals surface area contributed by atoms with E-state index < -0.39 is 12.1 Å². The van der Waals surface area contributed by atoms with Crippen LogP contribution in [0, 0.1) is 13.8 Å². The number of rotatable bonds is 3. The van der Waals surface area contributed by atoms with Gasteiger partial charge in [0.2, 0.25) is 5.91 Å². The number of fused-ring (bicyclic) bond motifs is 1. The van der Waals surface area contributed by atoms with E-state index in [1.54, 1.807) is 26.0 Å². The van der Waals surface area contributed by atoms with E-state index in [1.807, 2.05) is 32.0 Å². The molecule has 1 aliphatic rings. The maximum Gasteiger partial charge on any atom is 0.269 e. The average molecular weight is 354 g/mol. The van der Waals surface area contributed by atoms with Crippen LogP contribution in [0.2, 0.25) is 0 Å². The van der Waals surface area contributed by atoms with Crippen molar-refractivity contribution in [2.45, 2.75) is 39.8 Å². The highest BCUT2D eigenvalue weighted by molar-refractivity contribution is 6.07. The summed E-state index contributed by atoms with van der Waals surface area (Å²) in [7, 11) is 0. The Morgan fingerprint density at radius 2 is 2.04 bits per heavy atom. The van der Waals surface area contributed by atoms with E-state index in [9.17, 15) is 9.59 Å². The molecule has 1 aliphatic heterocycles. The minimum atomic E-state index is -0.776. The van der Waals surface area contributed by atoms with Crippen LogP contribution in [-0.2, 0) is 9.59 Å². The van der Waals surface area contributed by atoms with E-state index in [0.717, 1.165) is 16.8 Å². The van der Waals surface area contributed by atoms with Crippen LogP contribution in [0.25, 0.3) is 0 Å². The summed E-state index contributed by atoms with van der Waals surface area (Å²) in [5, 5.41) is 2.90. The van der Waals surface area contributed by atoms with Crippen LogP contribution in [0.4, 0.5) is 17.3 Å². The third kappa shape index (κ3) is 3.20. The van der Waals surface area contributed by atoms with Gasteiger partial charge in [0.25, 0.3) is 5.91 Å². The van der Waals surface area contributed by atoms with Gasteiger partial charge in [-0.25, -0.2) is 4.98 Å². The predicted molar refractivity (Wildman–Crippen MR) is 100 cm³/mol. The number of nitrogen functional groups attached to an aromatic ring is 1. The Kier molecular flexibility index (Phi) is 4.54. The van der Waals surface area contributed by atoms with E-state index in [-0.39, 0.29) is 23.5 Å². The monoisotopic (exact) mass is 354 g/mol. The van der Waals surface area contributed by atoms with Crippen molar-refractivity contribution in [2.24, 2.45) is 0 Å². The number of amides is 2. The van der Waals surface area contributed by atoms with E-state index in [4.69, 9.17) is 10.5 Å². The molecule has 2 atom stereocenters. The van der Waals surface area contributed by atoms with Crippen LogP contribution >= 0.6 is 0 Å². The first-order valence-corrected chi connectivity index (χ1v) is 8.42. The number of anilines is 3. The summed E-state index contributed by atoms with van der Waals surface area (Å²) in [5.74, 6) is 0.298. The molecule has 136 valence electrons. The Morgan fingerprint density at radius 3 is 2.77 bits per heavy atom. The van der Waals surface area contributed by atoms with Gasteiger partial charge in [0.1, 0.15) is 11.9 Å². The first kappa shape index (κ1) is 17.7. The van der Waals surface area contributed by atoms with Crippen molar-refractivity contribution < 1.29 is 14.3 Å². The smallest absolute Gasteiger partial charge is 0.269 e. The van der Waals surface area contributed by atoms with Crippen molar-refractivity contribution in [2.75, 3.05) is 16.0 Å². The summed E-state index contributed by atoms with van der Waals surface area (Å²) < 4.78 is 5.57. The van der Waals surface area contributed by atoms with Crippen LogP contribution in [0.1, 0.15) is 25.0 Å². The highest BCUT2D eigenvalue weighted by atomic mass is 16.5. The highest BCUT2D eigenvalue weighted by Gasteiger charge is 2.38. The molecule has 0 spiro atoms. The molecule has 1 aromatic heterocycles. The largest absolute Gasteiger partial charge is 0.477 e. The molecule has 2 aromatic rings. The molecular weight excluding hydrogens is 332 g/mol. The molecule has 0 radical (unpaired) electrons. The molecule has 26 heavy (non-hydrogen) atoms. The molecule has 7 heteroatoms. The van der Waals surface area contributed by atoms with Crippen molar-refractivity contribution in [3.8, 4) is 5.75 Å². The normalized spacial score (nSPS) is 17.3. The number of nitrogens with one attached hydrogen (secondary N) is 1. The van der Waals surface area contributed by atoms with Gasteiger partial charge in [0.15, 0.2) is 17.7 Å². The van der Waals surface area contributed by atoms with Gasteiger partial charge < -0.3 is 15.8 Å². The zero-order chi connectivity index (χ0) is 19.0. The van der Waals surface area contributed by atoms with Gasteiger partial charge in [-0.15, -0.1) is 0 Å². The number of carbonyl (C=O) groups excluding carboxylic acids is 2. The Labute approximate surface area is 152 Å². The lowest BCUT2D eigenvalue weighted by atomic mass is 10.1. The number of pyridine rings is 1. The Morgan fingerprint density at radius 1 is 1.31 bits per heavy atom. The summed E-state index contributed by atoms with van der Waals surface area (Å²) in [6.07, 6.45) is -0.705. The second kappa shape index (κ2) is 6.67. The Balaban J connectivity index is 1.92. The quantitative estimate of drug-likeness (QED) is 0.882. The molecule has 7 nitrogen and oxygen atoms in total. The number of hydrogen-bond acceptors (Lipinski definition) is 5. The molecule has 0 saturated heterocycles. The fourth-order valence-corrected chi connectivity index (χ4v) is 2.86. The molecule has 3 rings (SSSR count). The number of benzene rings is 1. The summed E-state index contributed by atoms with van der Waals surface area (Å²) >= 11 is 0. The number of nitrogens with zero attached hydrogens (tertiary/aromatic N) is 2. The number of ether oxygens (including phenoxy) is 1. The number of nitrogens with two attached hydrogens (primary N) is 1. The highest BCUT2D eigenvalue weighted by Crippen LogP contribution is 2.34. The van der Waals surface area contributed by atoms with Crippen molar-refractivity contribution in [3.63, 3.8) is 0 Å². The third-order valence-corrected chi connectivity index (χ3v) is 4.40. The minimum absolute atomic E-state index is 0.252. The van der Waals surface area contributed by atoms with E-state index >= 15 is 0 Å². The number of carbonyl (C=O) groups is 2. The summed E-state index contributed by atoms with van der Waals surface area (Å²) in [6, 6.07) is 8.29. The predicted octanol–water partition coefficient (Wildman–Crippen LogP) is 2.42. The van der Waals surface area contributed by atoms with Crippen LogP contribution in [0.5, 0.6) is 5.75 Å². The molecule has 3 N–H and O–H groups in total. The number of aromatic nitrogens is 1.